The number of ether oxygens (including phenoxy) is 3. The second kappa shape index (κ2) is 18.8. The topological polar surface area (TPSA) is 293 Å². The van der Waals surface area contributed by atoms with E-state index in [2.05, 4.69) is 10.3 Å². The molecule has 1 aliphatic heterocycles. The average Bonchev–Trinajstić information content (AvgIpc) is 3.89. The third-order valence-corrected chi connectivity index (χ3v) is 12.2. The van der Waals surface area contributed by atoms with E-state index in [1.807, 2.05) is 32.0 Å². The largest absolute Gasteiger partial charge is 0.508 e. The maximum Gasteiger partial charge on any atom is 0.335 e. The number of aromatic amines is 1. The van der Waals surface area contributed by atoms with Crippen molar-refractivity contribution in [2.24, 2.45) is 0 Å². The van der Waals surface area contributed by atoms with E-state index in [1.165, 1.54) is 41.3 Å². The lowest BCUT2D eigenvalue weighted by atomic mass is 9.63. The number of aliphatic carboxylic acids is 1. The van der Waals surface area contributed by atoms with Crippen molar-refractivity contribution < 1.29 is 73.6 Å². The molecule has 9 unspecified atom stereocenters. The van der Waals surface area contributed by atoms with Crippen LogP contribution >= 0.6 is 0 Å². The predicted molar refractivity (Wildman–Crippen MR) is 238 cm³/mol. The molecule has 9 N–H and O–H groups in total. The van der Waals surface area contributed by atoms with Crippen molar-refractivity contribution in [3.05, 3.63) is 119 Å². The van der Waals surface area contributed by atoms with Crippen molar-refractivity contribution in [1.82, 2.24) is 15.0 Å². The molecular weight excluding hydrogens is 875 g/mol. The van der Waals surface area contributed by atoms with E-state index in [4.69, 9.17) is 23.5 Å². The third kappa shape index (κ3) is 8.57. The fraction of sp³-hybridized carbons (Fsp3) is 0.333. The number of phenolic OH excluding ortho intramolecular Hbond substituents is 1. The predicted octanol–water partition coefficient (Wildman–Crippen LogP) is 2.40. The number of carbonyl (C=O) groups excluding carboxylic acids is 2. The molecule has 6 aromatic rings. The van der Waals surface area contributed by atoms with Crippen molar-refractivity contribution in [2.45, 2.75) is 87.2 Å². The molecule has 0 spiro atoms. The third-order valence-electron chi connectivity index (χ3n) is 12.2. The van der Waals surface area contributed by atoms with Gasteiger partial charge in [0.25, 0.3) is 0 Å². The molecule has 3 aromatic carbocycles. The molecule has 1 saturated heterocycles. The number of benzene rings is 3. The minimum Gasteiger partial charge on any atom is -0.508 e. The van der Waals surface area contributed by atoms with Crippen molar-refractivity contribution in [3.8, 4) is 33.9 Å². The van der Waals surface area contributed by atoms with Gasteiger partial charge in [0, 0.05) is 42.8 Å². The van der Waals surface area contributed by atoms with Crippen molar-refractivity contribution in [1.29, 1.82) is 0 Å². The first kappa shape index (κ1) is 46.7. The molecule has 0 saturated carbocycles. The molecule has 0 amide bonds. The fourth-order valence-electron chi connectivity index (χ4n) is 8.96. The van der Waals surface area contributed by atoms with Gasteiger partial charge in [-0.1, -0.05) is 35.4 Å². The minimum absolute atomic E-state index is 0.000779. The Kier molecular flexibility index (Phi) is 13.1. The van der Waals surface area contributed by atoms with E-state index in [0.29, 0.717) is 34.0 Å². The van der Waals surface area contributed by atoms with Gasteiger partial charge in [-0.2, -0.15) is 4.73 Å². The number of aromatic nitrogens is 2. The summed E-state index contributed by atoms with van der Waals surface area (Å²) in [6.45, 7) is 3.13. The number of aliphatic hydroxyl groups is 5. The van der Waals surface area contributed by atoms with Gasteiger partial charge in [-0.05, 0) is 80.8 Å². The number of esters is 1. The second-order valence-electron chi connectivity index (χ2n) is 16.7. The highest BCUT2D eigenvalue weighted by molar-refractivity contribution is 5.98. The highest BCUT2D eigenvalue weighted by Crippen LogP contribution is 2.49. The number of H-pyrrole nitrogens is 1. The summed E-state index contributed by atoms with van der Waals surface area (Å²) in [4.78, 5) is 60.4. The maximum absolute atomic E-state index is 13.7. The number of carboxylic acid groups (broad SMARTS) is 1. The average molecular weight is 924 g/mol. The van der Waals surface area contributed by atoms with Crippen LogP contribution in [-0.2, 0) is 23.9 Å². The summed E-state index contributed by atoms with van der Waals surface area (Å²) >= 11 is 0. The molecule has 0 bridgehead atoms. The Labute approximate surface area is 381 Å². The number of rotatable bonds is 17. The van der Waals surface area contributed by atoms with E-state index in [1.54, 1.807) is 30.6 Å². The monoisotopic (exact) mass is 923 g/mol. The number of aliphatic hydroxyl groups excluding tert-OH is 3. The lowest BCUT2D eigenvalue weighted by Crippen LogP contribution is -2.85. The van der Waals surface area contributed by atoms with E-state index >= 15 is 0 Å². The lowest BCUT2D eigenvalue weighted by molar-refractivity contribution is -0.393. The number of hydrogen-bond acceptors (Lipinski definition) is 16. The molecule has 9 atom stereocenters. The number of aldehydes is 1. The van der Waals surface area contributed by atoms with Gasteiger partial charge in [-0.25, -0.2) is 9.59 Å². The first-order valence-electron chi connectivity index (χ1n) is 21.4. The van der Waals surface area contributed by atoms with Gasteiger partial charge in [0.15, 0.2) is 16.6 Å². The van der Waals surface area contributed by atoms with Crippen molar-refractivity contribution in [3.63, 3.8) is 0 Å². The van der Waals surface area contributed by atoms with Crippen LogP contribution < -0.4 is 20.3 Å². The molecule has 67 heavy (non-hydrogen) atoms. The number of aromatic hydroxyl groups is 1. The molecule has 352 valence electrons. The fourth-order valence-corrected chi connectivity index (χ4v) is 8.96. The number of phenols is 1. The summed E-state index contributed by atoms with van der Waals surface area (Å²) in [5, 5.41) is 83.1. The molecule has 8 rings (SSSR count). The van der Waals surface area contributed by atoms with Crippen LogP contribution in [0.25, 0.3) is 44.3 Å². The van der Waals surface area contributed by atoms with E-state index in [0.717, 1.165) is 23.3 Å². The zero-order chi connectivity index (χ0) is 47.8. The Morgan fingerprint density at radius 2 is 1.76 bits per heavy atom. The van der Waals surface area contributed by atoms with Crippen molar-refractivity contribution >= 4 is 40.1 Å². The molecule has 19 heteroatoms. The van der Waals surface area contributed by atoms with Crippen LogP contribution in [0, 0.1) is 13.8 Å². The Hall–Kier alpha value is -6.84. The molecule has 2 aliphatic rings. The number of nitrogens with one attached hydrogen (secondary N) is 2. The van der Waals surface area contributed by atoms with Crippen LogP contribution in [0.5, 0.6) is 11.5 Å². The maximum atomic E-state index is 13.7. The zero-order valence-corrected chi connectivity index (χ0v) is 36.1. The molecule has 1 aliphatic carbocycles. The van der Waals surface area contributed by atoms with Crippen LogP contribution in [0.15, 0.2) is 107 Å². The minimum atomic E-state index is -3.08. The van der Waals surface area contributed by atoms with Gasteiger partial charge in [-0.3, -0.25) is 10.1 Å². The summed E-state index contributed by atoms with van der Waals surface area (Å²) in [7, 11) is 0. The summed E-state index contributed by atoms with van der Waals surface area (Å²) in [6, 6.07) is 15.6. The van der Waals surface area contributed by atoms with Crippen LogP contribution in [0.3, 0.4) is 0 Å². The highest BCUT2D eigenvalue weighted by atomic mass is 16.8. The molecule has 0 radical (unpaired) electrons. The molecule has 4 heterocycles. The second-order valence-corrected chi connectivity index (χ2v) is 16.7. The standard InChI is InChI=1S/C48H49N3O16/c1-25-19-26(2)21-29(20-25)40-38-28(14-16-50-38)23-51(40)67-43-46(64-31-10-11-32-35(22-31)63-24-33(41(32)57)27-6-8-30(54)9-7-27)66-42-34(65-45(60)39(44(58)59)49-15-4-18-53)12-13-37(56)47(42,61)48(43,62)36(55)5-3-17-52/h6-14,16,18-24,34,36-37,39,42-43,46,49-50,52,54-56,61-62H,3-5,15,17H2,1-2H3,(H,58,59). The van der Waals surface area contributed by atoms with Crippen LogP contribution in [0.4, 0.5) is 0 Å². The van der Waals surface area contributed by atoms with Gasteiger partial charge in [0.05, 0.1) is 28.8 Å². The first-order chi connectivity index (χ1) is 32.1. The molecule has 19 nitrogen and oxygen atoms in total. The van der Waals surface area contributed by atoms with Crippen molar-refractivity contribution in [2.75, 3.05) is 13.2 Å². The van der Waals surface area contributed by atoms with Crippen LogP contribution in [-0.4, -0.2) is 131 Å². The van der Waals surface area contributed by atoms with E-state index in [-0.39, 0.29) is 47.4 Å². The number of fused-ring (bicyclic) bond motifs is 3. The Bertz CT molecular complexity index is 2870. The van der Waals surface area contributed by atoms with Gasteiger partial charge < -0.3 is 69.0 Å². The zero-order valence-electron chi connectivity index (χ0n) is 36.1. The molecular formula is C48H49N3O16. The number of carboxylic acids is 1. The molecule has 1 fully saturated rings. The van der Waals surface area contributed by atoms with Gasteiger partial charge in [0.1, 0.15) is 53.6 Å². The van der Waals surface area contributed by atoms with Gasteiger partial charge >= 0.3 is 11.9 Å². The lowest BCUT2D eigenvalue weighted by Gasteiger charge is -2.60. The van der Waals surface area contributed by atoms with Crippen LogP contribution in [0.2, 0.25) is 0 Å². The van der Waals surface area contributed by atoms with Gasteiger partial charge in [0.2, 0.25) is 18.4 Å². The van der Waals surface area contributed by atoms with E-state index in [9.17, 15) is 54.9 Å². The summed E-state index contributed by atoms with van der Waals surface area (Å²) in [6.07, 6.45) is -5.54. The Morgan fingerprint density at radius 3 is 2.46 bits per heavy atom. The van der Waals surface area contributed by atoms with Gasteiger partial charge in [-0.15, -0.1) is 0 Å². The number of nitrogens with zero attached hydrogens (tertiary/aromatic N) is 1. The normalized spacial score (nSPS) is 24.5. The SMILES string of the molecule is Cc1cc(C)cc(-c2c3[nH]ccc3cn2OC2C(Oc3ccc4c(=O)c(-c5ccc(O)cc5)coc4c3)OC3C(OC(=O)C(NCCC=O)C(=O)O)C=CC(O)C3(O)C2(O)C(O)CCCO)c1. The Morgan fingerprint density at radius 1 is 1.01 bits per heavy atom. The Balaban J connectivity index is 1.27. The first-order valence-corrected chi connectivity index (χ1v) is 21.4. The smallest absolute Gasteiger partial charge is 0.335 e. The number of carbonyl (C=O) groups is 3. The summed E-state index contributed by atoms with van der Waals surface area (Å²) < 4.78 is 25.8. The number of aryl methyl sites for hydroxylation is 2. The number of hydrogen-bond donors (Lipinski definition) is 9. The molecule has 3 aromatic heterocycles. The summed E-state index contributed by atoms with van der Waals surface area (Å²) in [5.74, 6) is -3.13. The summed E-state index contributed by atoms with van der Waals surface area (Å²) in [5.41, 5.74) is -2.38. The van der Waals surface area contributed by atoms with E-state index < -0.39 is 84.4 Å². The van der Waals surface area contributed by atoms with Crippen LogP contribution in [0.1, 0.15) is 30.4 Å². The quantitative estimate of drug-likeness (QED) is 0.0209. The highest BCUT2D eigenvalue weighted by Gasteiger charge is 2.75.